The predicted molar refractivity (Wildman–Crippen MR) is 123 cm³/mol. The van der Waals surface area contributed by atoms with Crippen LogP contribution in [0.1, 0.15) is 36.4 Å². The molecule has 2 N–H and O–H groups in total. The summed E-state index contributed by atoms with van der Waals surface area (Å²) in [6, 6.07) is 8.97. The summed E-state index contributed by atoms with van der Waals surface area (Å²) < 4.78 is 7.39. The molecule has 1 atom stereocenters. The van der Waals surface area contributed by atoms with Crippen LogP contribution in [0.15, 0.2) is 29.3 Å². The normalized spacial score (nSPS) is 15.9. The average molecular weight is 413 g/mol. The zero-order valence-electron chi connectivity index (χ0n) is 19.0. The van der Waals surface area contributed by atoms with Gasteiger partial charge in [0.2, 0.25) is 0 Å². The molecule has 7 heteroatoms. The van der Waals surface area contributed by atoms with Gasteiger partial charge in [-0.25, -0.2) is 4.99 Å². The van der Waals surface area contributed by atoms with Gasteiger partial charge in [-0.05, 0) is 57.4 Å². The van der Waals surface area contributed by atoms with Crippen molar-refractivity contribution in [1.29, 1.82) is 0 Å². The monoisotopic (exact) mass is 412 g/mol. The first kappa shape index (κ1) is 22.2. The van der Waals surface area contributed by atoms with Crippen molar-refractivity contribution in [2.24, 2.45) is 12.0 Å². The molecule has 1 aliphatic rings. The maximum absolute atomic E-state index is 5.44. The largest absolute Gasteiger partial charge is 0.378 e. The number of nitrogens with one attached hydrogen (secondary N) is 2. The smallest absolute Gasteiger partial charge is 0.191 e. The molecular formula is C23H36N6O. The summed E-state index contributed by atoms with van der Waals surface area (Å²) in [6.45, 7) is 13.5. The number of aliphatic imine (C=N–C) groups is 1. The van der Waals surface area contributed by atoms with Crippen molar-refractivity contribution in [3.05, 3.63) is 46.8 Å². The van der Waals surface area contributed by atoms with E-state index >= 15 is 0 Å². The van der Waals surface area contributed by atoms with E-state index in [0.29, 0.717) is 6.54 Å². The molecule has 0 radical (unpaired) electrons. The first-order valence-corrected chi connectivity index (χ1v) is 10.9. The van der Waals surface area contributed by atoms with Gasteiger partial charge in [0.15, 0.2) is 5.96 Å². The Hall–Kier alpha value is -2.54. The summed E-state index contributed by atoms with van der Waals surface area (Å²) in [5, 5.41) is 11.4. The lowest BCUT2D eigenvalue weighted by Gasteiger charge is -2.28. The van der Waals surface area contributed by atoms with Crippen molar-refractivity contribution in [1.82, 2.24) is 20.4 Å². The second-order valence-corrected chi connectivity index (χ2v) is 7.98. The van der Waals surface area contributed by atoms with Crippen molar-refractivity contribution in [3.63, 3.8) is 0 Å². The summed E-state index contributed by atoms with van der Waals surface area (Å²) in [7, 11) is 2.00. The molecule has 1 fully saturated rings. The SMILES string of the molecule is CCNC(=NCc1ccc(N2CCOCC2)cc1)NC(C)Cc1c(C)nn(C)c1C. The highest BCUT2D eigenvalue weighted by atomic mass is 16.5. The standard InChI is InChI=1S/C23H36N6O/c1-6-24-23(26-17(2)15-22-18(3)27-28(5)19(22)4)25-16-20-7-9-21(10-8-20)29-11-13-30-14-12-29/h7-10,17H,6,11-16H2,1-5H3,(H2,24,25,26). The second-order valence-electron chi connectivity index (χ2n) is 7.98. The molecule has 0 bridgehead atoms. The van der Waals surface area contributed by atoms with Gasteiger partial charge in [-0.15, -0.1) is 0 Å². The number of rotatable bonds is 7. The molecule has 164 valence electrons. The molecule has 2 heterocycles. The number of guanidine groups is 1. The Morgan fingerprint density at radius 3 is 2.50 bits per heavy atom. The van der Waals surface area contributed by atoms with E-state index in [2.05, 4.69) is 72.6 Å². The van der Waals surface area contributed by atoms with Gasteiger partial charge in [0, 0.05) is 44.1 Å². The minimum atomic E-state index is 0.257. The van der Waals surface area contributed by atoms with Crippen LogP contribution >= 0.6 is 0 Å². The number of anilines is 1. The van der Waals surface area contributed by atoms with Crippen LogP contribution in [0.3, 0.4) is 0 Å². The summed E-state index contributed by atoms with van der Waals surface area (Å²) in [5.74, 6) is 0.849. The quantitative estimate of drug-likeness (QED) is 0.540. The van der Waals surface area contributed by atoms with Crippen LogP contribution in [-0.4, -0.2) is 54.6 Å². The Morgan fingerprint density at radius 2 is 1.90 bits per heavy atom. The Morgan fingerprint density at radius 1 is 1.20 bits per heavy atom. The summed E-state index contributed by atoms with van der Waals surface area (Å²) in [4.78, 5) is 7.16. The number of hydrogen-bond donors (Lipinski definition) is 2. The molecule has 2 aromatic rings. The highest BCUT2D eigenvalue weighted by Crippen LogP contribution is 2.17. The molecule has 1 aromatic carbocycles. The van der Waals surface area contributed by atoms with Gasteiger partial charge in [-0.3, -0.25) is 4.68 Å². The topological polar surface area (TPSA) is 66.7 Å². The molecule has 30 heavy (non-hydrogen) atoms. The fourth-order valence-corrected chi connectivity index (χ4v) is 3.83. The lowest BCUT2D eigenvalue weighted by Crippen LogP contribution is -2.43. The van der Waals surface area contributed by atoms with Crippen LogP contribution in [-0.2, 0) is 24.8 Å². The number of hydrogen-bond acceptors (Lipinski definition) is 4. The van der Waals surface area contributed by atoms with Crippen molar-refractivity contribution in [2.45, 2.75) is 46.7 Å². The Balaban J connectivity index is 1.59. The first-order chi connectivity index (χ1) is 14.5. The molecule has 3 rings (SSSR count). The van der Waals surface area contributed by atoms with Crippen LogP contribution in [0.5, 0.6) is 0 Å². The van der Waals surface area contributed by atoms with E-state index in [1.54, 1.807) is 0 Å². The van der Waals surface area contributed by atoms with Crippen LogP contribution < -0.4 is 15.5 Å². The Bertz CT molecular complexity index is 836. The van der Waals surface area contributed by atoms with E-state index in [0.717, 1.165) is 50.9 Å². The number of aromatic nitrogens is 2. The van der Waals surface area contributed by atoms with Crippen LogP contribution in [0, 0.1) is 13.8 Å². The lowest BCUT2D eigenvalue weighted by atomic mass is 10.1. The zero-order chi connectivity index (χ0) is 21.5. The van der Waals surface area contributed by atoms with E-state index < -0.39 is 0 Å². The highest BCUT2D eigenvalue weighted by Gasteiger charge is 2.14. The molecule has 7 nitrogen and oxygen atoms in total. The minimum absolute atomic E-state index is 0.257. The van der Waals surface area contributed by atoms with Crippen molar-refractivity contribution in [3.8, 4) is 0 Å². The fraction of sp³-hybridized carbons (Fsp3) is 0.565. The van der Waals surface area contributed by atoms with Crippen LogP contribution in [0.25, 0.3) is 0 Å². The van der Waals surface area contributed by atoms with Crippen molar-refractivity contribution < 1.29 is 4.74 Å². The molecule has 1 saturated heterocycles. The zero-order valence-corrected chi connectivity index (χ0v) is 19.0. The van der Waals surface area contributed by atoms with Gasteiger partial charge >= 0.3 is 0 Å². The molecule has 1 unspecified atom stereocenters. The van der Waals surface area contributed by atoms with E-state index in [1.165, 1.54) is 22.5 Å². The van der Waals surface area contributed by atoms with Gasteiger partial charge in [0.05, 0.1) is 25.5 Å². The number of nitrogens with zero attached hydrogens (tertiary/aromatic N) is 4. The van der Waals surface area contributed by atoms with E-state index in [1.807, 2.05) is 11.7 Å². The van der Waals surface area contributed by atoms with Gasteiger partial charge in [-0.1, -0.05) is 12.1 Å². The summed E-state index contributed by atoms with van der Waals surface area (Å²) in [6.07, 6.45) is 0.921. The van der Waals surface area contributed by atoms with E-state index in [9.17, 15) is 0 Å². The maximum atomic E-state index is 5.44. The third kappa shape index (κ3) is 5.75. The van der Waals surface area contributed by atoms with Crippen LogP contribution in [0.2, 0.25) is 0 Å². The molecule has 0 aliphatic carbocycles. The second kappa shape index (κ2) is 10.5. The van der Waals surface area contributed by atoms with E-state index in [-0.39, 0.29) is 6.04 Å². The van der Waals surface area contributed by atoms with Gasteiger partial charge in [0.1, 0.15) is 0 Å². The Labute approximate surface area is 180 Å². The van der Waals surface area contributed by atoms with E-state index in [4.69, 9.17) is 9.73 Å². The first-order valence-electron chi connectivity index (χ1n) is 10.9. The third-order valence-electron chi connectivity index (χ3n) is 5.63. The molecule has 1 aliphatic heterocycles. The third-order valence-corrected chi connectivity index (χ3v) is 5.63. The average Bonchev–Trinajstić information content (AvgIpc) is 2.99. The molecular weight excluding hydrogens is 376 g/mol. The summed E-state index contributed by atoms with van der Waals surface area (Å²) >= 11 is 0. The number of aryl methyl sites for hydroxylation is 2. The minimum Gasteiger partial charge on any atom is -0.378 e. The fourth-order valence-electron chi connectivity index (χ4n) is 3.83. The predicted octanol–water partition coefficient (Wildman–Crippen LogP) is 2.56. The molecule has 0 saturated carbocycles. The molecule has 0 amide bonds. The maximum Gasteiger partial charge on any atom is 0.191 e. The number of morpholine rings is 1. The highest BCUT2D eigenvalue weighted by molar-refractivity contribution is 5.80. The van der Waals surface area contributed by atoms with Crippen molar-refractivity contribution in [2.75, 3.05) is 37.7 Å². The lowest BCUT2D eigenvalue weighted by molar-refractivity contribution is 0.122. The summed E-state index contributed by atoms with van der Waals surface area (Å²) in [5.41, 5.74) is 6.10. The number of ether oxygens (including phenoxy) is 1. The molecule has 1 aromatic heterocycles. The van der Waals surface area contributed by atoms with Crippen LogP contribution in [0.4, 0.5) is 5.69 Å². The van der Waals surface area contributed by atoms with Gasteiger partial charge in [0.25, 0.3) is 0 Å². The van der Waals surface area contributed by atoms with Crippen molar-refractivity contribution >= 4 is 11.6 Å². The number of benzene rings is 1. The Kier molecular flexibility index (Phi) is 7.74. The van der Waals surface area contributed by atoms with Gasteiger partial charge < -0.3 is 20.3 Å². The van der Waals surface area contributed by atoms with Gasteiger partial charge in [-0.2, -0.15) is 5.10 Å². The molecule has 0 spiro atoms.